The first kappa shape index (κ1) is 9.71. The zero-order valence-corrected chi connectivity index (χ0v) is 8.35. The van der Waals surface area contributed by atoms with Gasteiger partial charge in [0, 0.05) is 18.8 Å². The number of nitrogen functional groups attached to an aromatic ring is 1. The smallest absolute Gasteiger partial charge is 0.143 e. The lowest BCUT2D eigenvalue weighted by Crippen LogP contribution is -1.99. The number of nitrogens with one attached hydrogen (secondary N) is 1. The van der Waals surface area contributed by atoms with E-state index in [-0.39, 0.29) is 0 Å². The predicted molar refractivity (Wildman–Crippen MR) is 56.3 cm³/mol. The zero-order valence-electron chi connectivity index (χ0n) is 8.35. The Bertz CT molecular complexity index is 297. The largest absolute Gasteiger partial charge is 0.495 e. The minimum atomic E-state index is 0.693. The monoisotopic (exact) mass is 180 g/mol. The van der Waals surface area contributed by atoms with Crippen LogP contribution in [-0.4, -0.2) is 14.2 Å². The fourth-order valence-electron chi connectivity index (χ4n) is 1.35. The second-order valence-corrected chi connectivity index (χ2v) is 2.85. The Kier molecular flexibility index (Phi) is 3.01. The van der Waals surface area contributed by atoms with E-state index in [0.717, 1.165) is 17.9 Å². The van der Waals surface area contributed by atoms with Crippen molar-refractivity contribution in [3.63, 3.8) is 0 Å². The Morgan fingerprint density at radius 2 is 2.15 bits per heavy atom. The molecule has 1 aromatic rings. The molecule has 3 nitrogen and oxygen atoms in total. The van der Waals surface area contributed by atoms with Gasteiger partial charge in [0.05, 0.1) is 12.8 Å². The van der Waals surface area contributed by atoms with Gasteiger partial charge in [0.2, 0.25) is 0 Å². The average Bonchev–Trinajstić information content (AvgIpc) is 2.17. The van der Waals surface area contributed by atoms with Crippen LogP contribution in [-0.2, 0) is 6.42 Å². The molecule has 0 unspecified atom stereocenters. The highest BCUT2D eigenvalue weighted by Crippen LogP contribution is 2.29. The number of benzene rings is 1. The molecule has 0 fully saturated rings. The Hall–Kier alpha value is -1.38. The molecule has 0 spiro atoms. The van der Waals surface area contributed by atoms with Gasteiger partial charge < -0.3 is 15.8 Å². The third-order valence-corrected chi connectivity index (χ3v) is 2.11. The Morgan fingerprint density at radius 1 is 1.46 bits per heavy atom. The summed E-state index contributed by atoms with van der Waals surface area (Å²) in [7, 11) is 3.51. The van der Waals surface area contributed by atoms with Gasteiger partial charge in [-0.2, -0.15) is 0 Å². The van der Waals surface area contributed by atoms with Crippen LogP contribution >= 0.6 is 0 Å². The van der Waals surface area contributed by atoms with Crippen molar-refractivity contribution in [1.29, 1.82) is 0 Å². The number of nitrogens with two attached hydrogens (primary N) is 1. The molecule has 3 N–H and O–H groups in total. The van der Waals surface area contributed by atoms with Crippen molar-refractivity contribution in [3.8, 4) is 5.75 Å². The lowest BCUT2D eigenvalue weighted by atomic mass is 10.1. The molecule has 13 heavy (non-hydrogen) atoms. The molecule has 0 aliphatic heterocycles. The Morgan fingerprint density at radius 3 is 2.62 bits per heavy atom. The molecular weight excluding hydrogens is 164 g/mol. The molecule has 1 aromatic carbocycles. The van der Waals surface area contributed by atoms with Gasteiger partial charge in [-0.05, 0) is 18.1 Å². The minimum Gasteiger partial charge on any atom is -0.495 e. The van der Waals surface area contributed by atoms with E-state index >= 15 is 0 Å². The fraction of sp³-hybridized carbons (Fsp3) is 0.400. The van der Waals surface area contributed by atoms with Crippen molar-refractivity contribution in [3.05, 3.63) is 17.7 Å². The van der Waals surface area contributed by atoms with Crippen LogP contribution in [0.3, 0.4) is 0 Å². The van der Waals surface area contributed by atoms with Gasteiger partial charge in [-0.25, -0.2) is 0 Å². The minimum absolute atomic E-state index is 0.693. The maximum absolute atomic E-state index is 5.78. The lowest BCUT2D eigenvalue weighted by molar-refractivity contribution is 0.417. The number of methoxy groups -OCH3 is 1. The third kappa shape index (κ3) is 1.86. The molecule has 0 amide bonds. The van der Waals surface area contributed by atoms with Crippen LogP contribution in [0, 0.1) is 0 Å². The maximum Gasteiger partial charge on any atom is 0.143 e. The summed E-state index contributed by atoms with van der Waals surface area (Å²) in [6.07, 6.45) is 0.963. The van der Waals surface area contributed by atoms with E-state index in [9.17, 15) is 0 Å². The van der Waals surface area contributed by atoms with E-state index in [2.05, 4.69) is 12.2 Å². The SMILES string of the molecule is CCc1cc(N)c(OC)cc1NC. The molecule has 0 saturated heterocycles. The first-order chi connectivity index (χ1) is 6.22. The standard InChI is InChI=1S/C10H16N2O/c1-4-7-5-8(11)10(13-3)6-9(7)12-2/h5-6,12H,4,11H2,1-3H3. The summed E-state index contributed by atoms with van der Waals surface area (Å²) in [5, 5.41) is 3.11. The summed E-state index contributed by atoms with van der Waals surface area (Å²) < 4.78 is 5.12. The van der Waals surface area contributed by atoms with Gasteiger partial charge in [0.15, 0.2) is 0 Å². The molecule has 0 bridgehead atoms. The highest BCUT2D eigenvalue weighted by atomic mass is 16.5. The van der Waals surface area contributed by atoms with Gasteiger partial charge in [0.25, 0.3) is 0 Å². The predicted octanol–water partition coefficient (Wildman–Crippen LogP) is 1.88. The van der Waals surface area contributed by atoms with E-state index < -0.39 is 0 Å². The molecule has 1 rings (SSSR count). The zero-order chi connectivity index (χ0) is 9.84. The first-order valence-electron chi connectivity index (χ1n) is 4.37. The van der Waals surface area contributed by atoms with Crippen LogP contribution in [0.1, 0.15) is 12.5 Å². The molecule has 0 atom stereocenters. The van der Waals surface area contributed by atoms with Gasteiger partial charge in [-0.1, -0.05) is 6.92 Å². The summed E-state index contributed by atoms with van der Waals surface area (Å²) in [6, 6.07) is 3.87. The van der Waals surface area contributed by atoms with Crippen molar-refractivity contribution in [2.75, 3.05) is 25.2 Å². The quantitative estimate of drug-likeness (QED) is 0.698. The highest BCUT2D eigenvalue weighted by molar-refractivity contribution is 5.65. The number of anilines is 2. The number of ether oxygens (including phenoxy) is 1. The van der Waals surface area contributed by atoms with E-state index in [1.54, 1.807) is 7.11 Å². The van der Waals surface area contributed by atoms with Crippen molar-refractivity contribution < 1.29 is 4.74 Å². The van der Waals surface area contributed by atoms with E-state index in [1.807, 2.05) is 19.2 Å². The van der Waals surface area contributed by atoms with Gasteiger partial charge >= 0.3 is 0 Å². The van der Waals surface area contributed by atoms with E-state index in [0.29, 0.717) is 5.69 Å². The topological polar surface area (TPSA) is 47.3 Å². The molecule has 0 saturated carbocycles. The third-order valence-electron chi connectivity index (χ3n) is 2.11. The lowest BCUT2D eigenvalue weighted by Gasteiger charge is -2.11. The molecule has 72 valence electrons. The van der Waals surface area contributed by atoms with Crippen molar-refractivity contribution in [1.82, 2.24) is 0 Å². The number of aryl methyl sites for hydroxylation is 1. The van der Waals surface area contributed by atoms with Crippen LogP contribution in [0.4, 0.5) is 11.4 Å². The van der Waals surface area contributed by atoms with Gasteiger partial charge in [-0.3, -0.25) is 0 Å². The number of hydrogen-bond acceptors (Lipinski definition) is 3. The first-order valence-corrected chi connectivity index (χ1v) is 4.37. The number of hydrogen-bond donors (Lipinski definition) is 2. The maximum atomic E-state index is 5.78. The summed E-state index contributed by atoms with van der Waals surface area (Å²) >= 11 is 0. The molecule has 0 heterocycles. The second-order valence-electron chi connectivity index (χ2n) is 2.85. The van der Waals surface area contributed by atoms with Crippen LogP contribution in [0.15, 0.2) is 12.1 Å². The van der Waals surface area contributed by atoms with Crippen molar-refractivity contribution in [2.45, 2.75) is 13.3 Å². The van der Waals surface area contributed by atoms with Crippen LogP contribution in [0.2, 0.25) is 0 Å². The average molecular weight is 180 g/mol. The van der Waals surface area contributed by atoms with Crippen LogP contribution in [0.25, 0.3) is 0 Å². The summed E-state index contributed by atoms with van der Waals surface area (Å²) in [5.41, 5.74) is 8.76. The van der Waals surface area contributed by atoms with Crippen molar-refractivity contribution in [2.24, 2.45) is 0 Å². The van der Waals surface area contributed by atoms with E-state index in [4.69, 9.17) is 10.5 Å². The Labute approximate surface area is 78.9 Å². The fourth-order valence-corrected chi connectivity index (χ4v) is 1.35. The highest BCUT2D eigenvalue weighted by Gasteiger charge is 2.05. The Balaban J connectivity index is 3.18. The summed E-state index contributed by atoms with van der Waals surface area (Å²) in [5.74, 6) is 0.724. The normalized spacial score (nSPS) is 9.77. The molecule has 0 aliphatic rings. The van der Waals surface area contributed by atoms with Crippen molar-refractivity contribution >= 4 is 11.4 Å². The van der Waals surface area contributed by atoms with Gasteiger partial charge in [-0.15, -0.1) is 0 Å². The van der Waals surface area contributed by atoms with Crippen LogP contribution in [0.5, 0.6) is 5.75 Å². The second kappa shape index (κ2) is 4.03. The van der Waals surface area contributed by atoms with Gasteiger partial charge in [0.1, 0.15) is 5.75 Å². The molecular formula is C10H16N2O. The molecule has 3 heteroatoms. The van der Waals surface area contributed by atoms with E-state index in [1.165, 1.54) is 5.56 Å². The molecule has 0 aromatic heterocycles. The summed E-state index contributed by atoms with van der Waals surface area (Å²) in [6.45, 7) is 2.10. The summed E-state index contributed by atoms with van der Waals surface area (Å²) in [4.78, 5) is 0. The van der Waals surface area contributed by atoms with Crippen LogP contribution < -0.4 is 15.8 Å². The molecule has 0 radical (unpaired) electrons. The number of rotatable bonds is 3. The molecule has 0 aliphatic carbocycles.